The Bertz CT molecular complexity index is 554. The number of ether oxygens (including phenoxy) is 1. The normalized spacial score (nSPS) is 29.2. The lowest BCUT2D eigenvalue weighted by Gasteiger charge is -2.52. The van der Waals surface area contributed by atoms with Crippen molar-refractivity contribution in [2.75, 3.05) is 6.61 Å². The molecule has 0 aromatic rings. The van der Waals surface area contributed by atoms with Gasteiger partial charge in [-0.05, 0) is 37.5 Å². The molecule has 2 heterocycles. The number of Topliss-reactive ketones (excluding diaryl/α,β-unsaturated/α-hetero) is 1. The first kappa shape index (κ1) is 19.4. The number of ketones is 1. The second kappa shape index (κ2) is 8.10. The smallest absolute Gasteiger partial charge is 0.328 e. The highest BCUT2D eigenvalue weighted by Gasteiger charge is 2.57. The molecule has 5 nitrogen and oxygen atoms in total. The molecule has 0 aromatic carbocycles. The monoisotopic (exact) mass is 363 g/mol. The van der Waals surface area contributed by atoms with E-state index in [4.69, 9.17) is 4.74 Å². The first-order valence-electron chi connectivity index (χ1n) is 10.4. The molecule has 0 bridgehead atoms. The van der Waals surface area contributed by atoms with Crippen LogP contribution < -0.4 is 0 Å². The van der Waals surface area contributed by atoms with Crippen molar-refractivity contribution in [2.24, 2.45) is 23.7 Å². The van der Waals surface area contributed by atoms with E-state index in [2.05, 4.69) is 0 Å². The van der Waals surface area contributed by atoms with Gasteiger partial charge in [0.15, 0.2) is 0 Å². The van der Waals surface area contributed by atoms with Gasteiger partial charge >= 0.3 is 5.97 Å². The molecule has 1 amide bonds. The molecule has 0 radical (unpaired) electrons. The third-order valence-electron chi connectivity index (χ3n) is 6.15. The molecule has 3 rings (SSSR count). The minimum atomic E-state index is -0.522. The SMILES string of the molecule is CC(C)COC(=O)C1CCCC2C(C(=O)C(C)CCCC3CC3)C(=O)N12. The predicted octanol–water partition coefficient (Wildman–Crippen LogP) is 3.35. The van der Waals surface area contributed by atoms with Crippen molar-refractivity contribution in [1.82, 2.24) is 4.90 Å². The molecule has 4 atom stereocenters. The summed E-state index contributed by atoms with van der Waals surface area (Å²) in [6.07, 6.45) is 8.21. The summed E-state index contributed by atoms with van der Waals surface area (Å²) < 4.78 is 5.35. The molecule has 3 aliphatic rings. The fraction of sp³-hybridized carbons (Fsp3) is 0.857. The average Bonchev–Trinajstić information content (AvgIpc) is 3.42. The topological polar surface area (TPSA) is 63.7 Å². The first-order valence-corrected chi connectivity index (χ1v) is 10.4. The van der Waals surface area contributed by atoms with Gasteiger partial charge < -0.3 is 9.64 Å². The lowest BCUT2D eigenvalue weighted by molar-refractivity contribution is -0.180. The number of esters is 1. The van der Waals surface area contributed by atoms with Crippen molar-refractivity contribution in [3.05, 3.63) is 0 Å². The van der Waals surface area contributed by atoms with Gasteiger partial charge in [-0.1, -0.05) is 46.5 Å². The van der Waals surface area contributed by atoms with E-state index in [0.717, 1.165) is 31.6 Å². The highest BCUT2D eigenvalue weighted by atomic mass is 16.5. The van der Waals surface area contributed by atoms with Crippen LogP contribution in [0.25, 0.3) is 0 Å². The molecule has 26 heavy (non-hydrogen) atoms. The number of carbonyl (C=O) groups is 3. The van der Waals surface area contributed by atoms with Crippen LogP contribution in [0, 0.1) is 23.7 Å². The van der Waals surface area contributed by atoms with Crippen molar-refractivity contribution < 1.29 is 19.1 Å². The molecular formula is C21H33NO4. The summed E-state index contributed by atoms with van der Waals surface area (Å²) in [6, 6.07) is -0.583. The minimum Gasteiger partial charge on any atom is -0.464 e. The Morgan fingerprint density at radius 1 is 1.15 bits per heavy atom. The zero-order valence-corrected chi connectivity index (χ0v) is 16.4. The fourth-order valence-corrected chi connectivity index (χ4v) is 4.37. The van der Waals surface area contributed by atoms with Crippen molar-refractivity contribution in [2.45, 2.75) is 84.2 Å². The van der Waals surface area contributed by atoms with Gasteiger partial charge in [0.25, 0.3) is 0 Å². The molecule has 2 aliphatic heterocycles. The van der Waals surface area contributed by atoms with Gasteiger partial charge in [0.05, 0.1) is 12.6 Å². The lowest BCUT2D eigenvalue weighted by atomic mass is 9.73. The summed E-state index contributed by atoms with van der Waals surface area (Å²) in [4.78, 5) is 39.5. The third kappa shape index (κ3) is 4.12. The number of nitrogens with zero attached hydrogens (tertiary/aromatic N) is 1. The van der Waals surface area contributed by atoms with Crippen LogP contribution in [0.5, 0.6) is 0 Å². The fourth-order valence-electron chi connectivity index (χ4n) is 4.37. The zero-order chi connectivity index (χ0) is 18.8. The Morgan fingerprint density at radius 3 is 2.54 bits per heavy atom. The van der Waals surface area contributed by atoms with E-state index in [-0.39, 0.29) is 35.5 Å². The van der Waals surface area contributed by atoms with E-state index < -0.39 is 12.0 Å². The van der Waals surface area contributed by atoms with Crippen LogP contribution >= 0.6 is 0 Å². The van der Waals surface area contributed by atoms with Crippen LogP contribution in [0.15, 0.2) is 0 Å². The van der Waals surface area contributed by atoms with E-state index in [9.17, 15) is 14.4 Å². The minimum absolute atomic E-state index is 0.0573. The van der Waals surface area contributed by atoms with E-state index in [0.29, 0.717) is 13.0 Å². The Labute approximate surface area is 156 Å². The quantitative estimate of drug-likeness (QED) is 0.358. The van der Waals surface area contributed by atoms with Gasteiger partial charge in [-0.25, -0.2) is 4.79 Å². The summed E-state index contributed by atoms with van der Waals surface area (Å²) in [5.74, 6) is 0.207. The summed E-state index contributed by atoms with van der Waals surface area (Å²) in [7, 11) is 0. The summed E-state index contributed by atoms with van der Waals surface area (Å²) in [6.45, 7) is 6.32. The molecule has 3 fully saturated rings. The lowest BCUT2D eigenvalue weighted by Crippen LogP contribution is -2.70. The molecule has 0 spiro atoms. The van der Waals surface area contributed by atoms with E-state index >= 15 is 0 Å². The number of hydrogen-bond acceptors (Lipinski definition) is 4. The molecule has 5 heteroatoms. The predicted molar refractivity (Wildman–Crippen MR) is 98.3 cm³/mol. The second-order valence-electron chi connectivity index (χ2n) is 8.94. The van der Waals surface area contributed by atoms with Gasteiger partial charge in [0.2, 0.25) is 5.91 Å². The molecule has 146 valence electrons. The number of hydrogen-bond donors (Lipinski definition) is 0. The molecule has 1 saturated carbocycles. The van der Waals surface area contributed by atoms with Crippen molar-refractivity contribution in [3.8, 4) is 0 Å². The molecular weight excluding hydrogens is 330 g/mol. The van der Waals surface area contributed by atoms with Crippen molar-refractivity contribution in [3.63, 3.8) is 0 Å². The van der Waals surface area contributed by atoms with Crippen LogP contribution in [0.1, 0.15) is 72.1 Å². The standard InChI is InChI=1S/C21H33NO4/c1-13(2)12-26-21(25)17-9-5-8-16-18(20(24)22(16)17)19(23)14(3)6-4-7-15-10-11-15/h13-18H,4-12H2,1-3H3. The van der Waals surface area contributed by atoms with Crippen LogP contribution in [0.2, 0.25) is 0 Å². The maximum Gasteiger partial charge on any atom is 0.328 e. The van der Waals surface area contributed by atoms with E-state index in [1.165, 1.54) is 19.3 Å². The summed E-state index contributed by atoms with van der Waals surface area (Å²) in [5, 5.41) is 0. The average molecular weight is 363 g/mol. The number of piperidine rings is 1. The Kier molecular flexibility index (Phi) is 6.03. The Hall–Kier alpha value is -1.39. The molecule has 0 aromatic heterocycles. The Morgan fingerprint density at radius 2 is 1.88 bits per heavy atom. The highest BCUT2D eigenvalue weighted by molar-refractivity contribution is 6.08. The third-order valence-corrected chi connectivity index (χ3v) is 6.15. The van der Waals surface area contributed by atoms with Crippen LogP contribution in [0.4, 0.5) is 0 Å². The number of β-lactam (4-membered cyclic amide) rings is 1. The highest BCUT2D eigenvalue weighted by Crippen LogP contribution is 2.41. The maximum atomic E-state index is 12.8. The molecule has 4 unspecified atom stereocenters. The molecule has 0 N–H and O–H groups in total. The number of amides is 1. The van der Waals surface area contributed by atoms with Crippen molar-refractivity contribution in [1.29, 1.82) is 0 Å². The van der Waals surface area contributed by atoms with Gasteiger partial charge in [-0.3, -0.25) is 9.59 Å². The molecule has 1 aliphatic carbocycles. The number of fused-ring (bicyclic) bond motifs is 1. The first-order chi connectivity index (χ1) is 12.4. The zero-order valence-electron chi connectivity index (χ0n) is 16.4. The van der Waals surface area contributed by atoms with E-state index in [1.54, 1.807) is 4.90 Å². The largest absolute Gasteiger partial charge is 0.464 e. The van der Waals surface area contributed by atoms with Gasteiger partial charge in [-0.2, -0.15) is 0 Å². The molecule has 2 saturated heterocycles. The number of carbonyl (C=O) groups excluding carboxylic acids is 3. The second-order valence-corrected chi connectivity index (χ2v) is 8.94. The van der Waals surface area contributed by atoms with Crippen molar-refractivity contribution >= 4 is 17.7 Å². The maximum absolute atomic E-state index is 12.8. The van der Waals surface area contributed by atoms with Crippen LogP contribution in [-0.4, -0.2) is 41.3 Å². The summed E-state index contributed by atoms with van der Waals surface area (Å²) >= 11 is 0. The van der Waals surface area contributed by atoms with Gasteiger partial charge in [0, 0.05) is 5.92 Å². The van der Waals surface area contributed by atoms with Gasteiger partial charge in [-0.15, -0.1) is 0 Å². The number of rotatable bonds is 9. The Balaban J connectivity index is 1.54. The van der Waals surface area contributed by atoms with Gasteiger partial charge in [0.1, 0.15) is 17.7 Å². The van der Waals surface area contributed by atoms with E-state index in [1.807, 2.05) is 20.8 Å². The summed E-state index contributed by atoms with van der Waals surface area (Å²) in [5.41, 5.74) is 0. The van der Waals surface area contributed by atoms with Crippen LogP contribution in [-0.2, 0) is 19.1 Å². The van der Waals surface area contributed by atoms with Crippen LogP contribution in [0.3, 0.4) is 0 Å².